The number of hydrogen-bond donors (Lipinski definition) is 1. The van der Waals surface area contributed by atoms with Crippen molar-refractivity contribution in [2.24, 2.45) is 0 Å². The van der Waals surface area contributed by atoms with Crippen LogP contribution in [0.2, 0.25) is 0 Å². The van der Waals surface area contributed by atoms with Gasteiger partial charge in [-0.1, -0.05) is 0 Å². The Kier molecular flexibility index (Phi) is 4.59. The van der Waals surface area contributed by atoms with E-state index in [9.17, 15) is 18.4 Å². The van der Waals surface area contributed by atoms with E-state index >= 15 is 0 Å². The van der Waals surface area contributed by atoms with Gasteiger partial charge in [-0.3, -0.25) is 0 Å². The summed E-state index contributed by atoms with van der Waals surface area (Å²) in [6, 6.07) is 1.21. The van der Waals surface area contributed by atoms with Crippen molar-refractivity contribution in [2.45, 2.75) is 6.92 Å². The van der Waals surface area contributed by atoms with E-state index in [-0.39, 0.29) is 6.61 Å². The highest BCUT2D eigenvalue weighted by Crippen LogP contribution is 2.23. The number of rotatable bonds is 5. The first-order valence-corrected chi connectivity index (χ1v) is 4.96. The molecule has 1 aromatic carbocycles. The summed E-state index contributed by atoms with van der Waals surface area (Å²) in [7, 11) is 0. The molecule has 0 amide bonds. The lowest BCUT2D eigenvalue weighted by Gasteiger charge is -2.08. The lowest BCUT2D eigenvalue weighted by molar-refractivity contribution is -0.145. The van der Waals surface area contributed by atoms with Crippen LogP contribution in [-0.4, -0.2) is 30.3 Å². The van der Waals surface area contributed by atoms with Crippen LogP contribution in [0, 0.1) is 11.6 Å². The van der Waals surface area contributed by atoms with Crippen LogP contribution in [0.4, 0.5) is 8.78 Å². The van der Waals surface area contributed by atoms with E-state index in [0.29, 0.717) is 12.1 Å². The van der Waals surface area contributed by atoms with E-state index in [2.05, 4.69) is 9.47 Å². The standard InChI is InChI=1S/C11H10F2O5/c1-2-17-9(14)5-18-10-7(12)3-6(11(15)16)4-8(10)13/h3-4H,2,5H2,1H3,(H,15,16). The quantitative estimate of drug-likeness (QED) is 0.814. The van der Waals surface area contributed by atoms with Crippen molar-refractivity contribution in [1.29, 1.82) is 0 Å². The number of benzene rings is 1. The Balaban J connectivity index is 2.84. The summed E-state index contributed by atoms with van der Waals surface area (Å²) in [5.74, 6) is -5.45. The van der Waals surface area contributed by atoms with Crippen molar-refractivity contribution in [3.8, 4) is 5.75 Å². The van der Waals surface area contributed by atoms with Crippen molar-refractivity contribution in [2.75, 3.05) is 13.2 Å². The number of aromatic carboxylic acids is 1. The minimum Gasteiger partial charge on any atom is -0.478 e. The van der Waals surface area contributed by atoms with E-state index in [0.717, 1.165) is 0 Å². The summed E-state index contributed by atoms with van der Waals surface area (Å²) in [6.45, 7) is 1.03. The monoisotopic (exact) mass is 260 g/mol. The lowest BCUT2D eigenvalue weighted by Crippen LogP contribution is -2.16. The third kappa shape index (κ3) is 3.41. The van der Waals surface area contributed by atoms with Gasteiger partial charge in [-0.15, -0.1) is 0 Å². The molecule has 0 radical (unpaired) electrons. The number of ether oxygens (including phenoxy) is 2. The summed E-state index contributed by atoms with van der Waals surface area (Å²) in [5, 5.41) is 8.56. The number of hydrogen-bond acceptors (Lipinski definition) is 4. The smallest absolute Gasteiger partial charge is 0.344 e. The van der Waals surface area contributed by atoms with E-state index in [1.54, 1.807) is 6.92 Å². The van der Waals surface area contributed by atoms with Crippen LogP contribution < -0.4 is 4.74 Å². The molecule has 0 aromatic heterocycles. The van der Waals surface area contributed by atoms with Crippen LogP contribution in [0.1, 0.15) is 17.3 Å². The summed E-state index contributed by atoms with van der Waals surface area (Å²) in [5.41, 5.74) is -0.548. The molecule has 0 aliphatic heterocycles. The predicted molar refractivity (Wildman–Crippen MR) is 55.4 cm³/mol. The average molecular weight is 260 g/mol. The largest absolute Gasteiger partial charge is 0.478 e. The minimum absolute atomic E-state index is 0.116. The van der Waals surface area contributed by atoms with Gasteiger partial charge in [0.05, 0.1) is 12.2 Å². The SMILES string of the molecule is CCOC(=O)COc1c(F)cc(C(=O)O)cc1F. The van der Waals surface area contributed by atoms with Crippen LogP contribution in [-0.2, 0) is 9.53 Å². The number of carboxylic acids is 1. The second kappa shape index (κ2) is 5.95. The lowest BCUT2D eigenvalue weighted by atomic mass is 10.2. The molecule has 98 valence electrons. The number of esters is 1. The molecule has 0 fully saturated rings. The maximum absolute atomic E-state index is 13.3. The maximum atomic E-state index is 13.3. The molecular formula is C11H10F2O5. The van der Waals surface area contributed by atoms with Crippen molar-refractivity contribution in [3.05, 3.63) is 29.3 Å². The van der Waals surface area contributed by atoms with Gasteiger partial charge in [0.25, 0.3) is 0 Å². The molecule has 7 heteroatoms. The van der Waals surface area contributed by atoms with Crippen molar-refractivity contribution >= 4 is 11.9 Å². The van der Waals surface area contributed by atoms with Gasteiger partial charge in [0.1, 0.15) is 0 Å². The normalized spacial score (nSPS) is 9.94. The van der Waals surface area contributed by atoms with E-state index in [1.807, 2.05) is 0 Å². The maximum Gasteiger partial charge on any atom is 0.344 e. The fraction of sp³-hybridized carbons (Fsp3) is 0.273. The Hall–Kier alpha value is -2.18. The van der Waals surface area contributed by atoms with Gasteiger partial charge in [0, 0.05) is 0 Å². The van der Waals surface area contributed by atoms with Crippen LogP contribution in [0.15, 0.2) is 12.1 Å². The predicted octanol–water partition coefficient (Wildman–Crippen LogP) is 1.60. The van der Waals surface area contributed by atoms with Crippen molar-refractivity contribution in [3.63, 3.8) is 0 Å². The molecule has 1 N–H and O–H groups in total. The van der Waals surface area contributed by atoms with Crippen LogP contribution >= 0.6 is 0 Å². The first-order valence-electron chi connectivity index (χ1n) is 4.96. The molecule has 0 heterocycles. The first-order chi connectivity index (χ1) is 8.45. The fourth-order valence-electron chi connectivity index (χ4n) is 1.16. The zero-order valence-electron chi connectivity index (χ0n) is 9.41. The molecule has 0 spiro atoms. The number of carbonyl (C=O) groups excluding carboxylic acids is 1. The summed E-state index contributed by atoms with van der Waals surface area (Å²) in [4.78, 5) is 21.4. The summed E-state index contributed by atoms with van der Waals surface area (Å²) in [6.07, 6.45) is 0. The van der Waals surface area contributed by atoms with Crippen molar-refractivity contribution < 1.29 is 33.0 Å². The minimum atomic E-state index is -1.47. The zero-order chi connectivity index (χ0) is 13.7. The summed E-state index contributed by atoms with van der Waals surface area (Å²) < 4.78 is 35.8. The Morgan fingerprint density at radius 1 is 1.28 bits per heavy atom. The van der Waals surface area contributed by atoms with Crippen LogP contribution in [0.3, 0.4) is 0 Å². The Bertz CT molecular complexity index is 449. The Morgan fingerprint density at radius 2 is 1.83 bits per heavy atom. The van der Waals surface area contributed by atoms with Gasteiger partial charge in [-0.05, 0) is 19.1 Å². The second-order valence-corrected chi connectivity index (χ2v) is 3.17. The molecule has 0 saturated heterocycles. The van der Waals surface area contributed by atoms with Crippen molar-refractivity contribution in [1.82, 2.24) is 0 Å². The van der Waals surface area contributed by atoms with Crippen LogP contribution in [0.5, 0.6) is 5.75 Å². The summed E-state index contributed by atoms with van der Waals surface area (Å²) >= 11 is 0. The molecule has 0 aliphatic rings. The van der Waals surface area contributed by atoms with Crippen LogP contribution in [0.25, 0.3) is 0 Å². The van der Waals surface area contributed by atoms with Gasteiger partial charge in [-0.2, -0.15) is 0 Å². The molecule has 0 saturated carbocycles. The molecule has 0 bridgehead atoms. The molecule has 1 rings (SSSR count). The van der Waals surface area contributed by atoms with Gasteiger partial charge >= 0.3 is 11.9 Å². The fourth-order valence-corrected chi connectivity index (χ4v) is 1.16. The average Bonchev–Trinajstić information content (AvgIpc) is 2.27. The second-order valence-electron chi connectivity index (χ2n) is 3.17. The van der Waals surface area contributed by atoms with E-state index in [1.165, 1.54) is 0 Å². The van der Waals surface area contributed by atoms with E-state index < -0.39 is 41.5 Å². The highest BCUT2D eigenvalue weighted by Gasteiger charge is 2.17. The third-order valence-corrected chi connectivity index (χ3v) is 1.88. The van der Waals surface area contributed by atoms with Gasteiger partial charge in [0.15, 0.2) is 24.0 Å². The Labute approximate surface area is 101 Å². The van der Waals surface area contributed by atoms with E-state index in [4.69, 9.17) is 5.11 Å². The number of halogens is 2. The van der Waals surface area contributed by atoms with Gasteiger partial charge in [0.2, 0.25) is 0 Å². The molecule has 18 heavy (non-hydrogen) atoms. The molecular weight excluding hydrogens is 250 g/mol. The highest BCUT2D eigenvalue weighted by atomic mass is 19.1. The molecule has 5 nitrogen and oxygen atoms in total. The molecule has 0 unspecified atom stereocenters. The number of carbonyl (C=O) groups is 2. The first kappa shape index (κ1) is 13.9. The molecule has 0 aliphatic carbocycles. The molecule has 0 atom stereocenters. The zero-order valence-corrected chi connectivity index (χ0v) is 9.41. The van der Waals surface area contributed by atoms with Gasteiger partial charge in [-0.25, -0.2) is 18.4 Å². The highest BCUT2D eigenvalue weighted by molar-refractivity contribution is 5.87. The number of carboxylic acid groups (broad SMARTS) is 1. The topological polar surface area (TPSA) is 72.8 Å². The Morgan fingerprint density at radius 3 is 2.28 bits per heavy atom. The molecule has 1 aromatic rings. The van der Waals surface area contributed by atoms with Gasteiger partial charge < -0.3 is 14.6 Å². The third-order valence-electron chi connectivity index (χ3n) is 1.88.